The average Bonchev–Trinajstić information content (AvgIpc) is 3.45. The van der Waals surface area contributed by atoms with Gasteiger partial charge < -0.3 is 14.6 Å². The molecule has 14 heteroatoms. The topological polar surface area (TPSA) is 129 Å². The molecule has 0 saturated carbocycles. The van der Waals surface area contributed by atoms with Gasteiger partial charge in [-0.1, -0.05) is 0 Å². The van der Waals surface area contributed by atoms with Crippen molar-refractivity contribution in [3.05, 3.63) is 42.4 Å². The largest absolute Gasteiger partial charge is 0.441 e. The van der Waals surface area contributed by atoms with E-state index in [9.17, 15) is 22.8 Å². The van der Waals surface area contributed by atoms with E-state index in [1.54, 1.807) is 25.3 Å². The van der Waals surface area contributed by atoms with E-state index in [0.717, 1.165) is 6.92 Å². The maximum Gasteiger partial charge on any atom is 0.408 e. The molecule has 2 atom stereocenters. The number of hydrogen-bond acceptors (Lipinski definition) is 8. The number of anilines is 3. The molecule has 0 aliphatic carbocycles. The van der Waals surface area contributed by atoms with Crippen LogP contribution in [0.5, 0.6) is 0 Å². The maximum atomic E-state index is 13.4. The Kier molecular flexibility index (Phi) is 5.73. The molecular weight excluding hydrogens is 481 g/mol. The minimum Gasteiger partial charge on any atom is -0.441 e. The molecule has 3 amide bonds. The molecule has 36 heavy (non-hydrogen) atoms. The normalized spacial score (nSPS) is 17.5. The first kappa shape index (κ1) is 23.5. The first-order chi connectivity index (χ1) is 17.1. The lowest BCUT2D eigenvalue weighted by atomic mass is 10.2. The molecule has 2 aliphatic heterocycles. The summed E-state index contributed by atoms with van der Waals surface area (Å²) in [5.74, 6) is -0.162. The number of alkyl halides is 3. The van der Waals surface area contributed by atoms with Gasteiger partial charge in [0.1, 0.15) is 11.9 Å². The molecule has 0 radical (unpaired) electrons. The van der Waals surface area contributed by atoms with E-state index in [1.165, 1.54) is 17.3 Å². The first-order valence-electron chi connectivity index (χ1n) is 11.1. The van der Waals surface area contributed by atoms with Crippen LogP contribution in [0.4, 0.5) is 35.3 Å². The number of halogens is 3. The van der Waals surface area contributed by atoms with Gasteiger partial charge in [-0.2, -0.15) is 13.2 Å². The molecule has 1 fully saturated rings. The minimum atomic E-state index is -4.62. The number of hydrogen-bond donors (Lipinski definition) is 2. The van der Waals surface area contributed by atoms with Crippen molar-refractivity contribution in [1.82, 2.24) is 25.3 Å². The third-order valence-electron chi connectivity index (χ3n) is 6.01. The fourth-order valence-corrected chi connectivity index (χ4v) is 4.14. The molecule has 5 heterocycles. The summed E-state index contributed by atoms with van der Waals surface area (Å²) >= 11 is 0. The summed E-state index contributed by atoms with van der Waals surface area (Å²) in [7, 11) is 0. The second-order valence-electron chi connectivity index (χ2n) is 8.50. The highest BCUT2D eigenvalue weighted by atomic mass is 19.4. The third kappa shape index (κ3) is 4.41. The Morgan fingerprint density at radius 3 is 2.75 bits per heavy atom. The molecule has 2 N–H and O–H groups in total. The number of rotatable bonds is 4. The first-order valence-corrected chi connectivity index (χ1v) is 11.1. The number of fused-ring (bicyclic) bond motifs is 4. The summed E-state index contributed by atoms with van der Waals surface area (Å²) in [5.41, 5.74) is 1.17. The third-order valence-corrected chi connectivity index (χ3v) is 6.01. The zero-order valence-corrected chi connectivity index (χ0v) is 19.2. The number of pyridine rings is 1. The van der Waals surface area contributed by atoms with Crippen molar-refractivity contribution in [1.29, 1.82) is 0 Å². The minimum absolute atomic E-state index is 0.142. The van der Waals surface area contributed by atoms with Crippen LogP contribution < -0.4 is 20.4 Å². The van der Waals surface area contributed by atoms with Gasteiger partial charge >= 0.3 is 12.2 Å². The number of carbonyl (C=O) groups excluding carboxylic acids is 2. The molecule has 1 saturated heterocycles. The summed E-state index contributed by atoms with van der Waals surface area (Å²) in [6.45, 7) is 3.71. The Bertz CT molecular complexity index is 1330. The van der Waals surface area contributed by atoms with Crippen molar-refractivity contribution in [2.75, 3.05) is 28.2 Å². The summed E-state index contributed by atoms with van der Waals surface area (Å²) in [6.07, 6.45) is 0.445. The molecule has 2 aliphatic rings. The second-order valence-corrected chi connectivity index (χ2v) is 8.50. The molecule has 188 valence electrons. The monoisotopic (exact) mass is 502 g/mol. The number of carbonyl (C=O) groups is 2. The molecule has 0 aromatic carbocycles. The molecule has 11 nitrogen and oxygen atoms in total. The second kappa shape index (κ2) is 8.77. The van der Waals surface area contributed by atoms with E-state index in [4.69, 9.17) is 4.42 Å². The van der Waals surface area contributed by atoms with Gasteiger partial charge in [0.15, 0.2) is 17.5 Å². The van der Waals surface area contributed by atoms with Crippen molar-refractivity contribution >= 4 is 29.3 Å². The lowest BCUT2D eigenvalue weighted by molar-refractivity contribution is -0.149. The predicted octanol–water partition coefficient (Wildman–Crippen LogP) is 3.15. The number of aryl methyl sites for hydroxylation is 1. The molecule has 5 rings (SSSR count). The van der Waals surface area contributed by atoms with E-state index < -0.39 is 30.0 Å². The van der Waals surface area contributed by atoms with Crippen LogP contribution in [0.15, 0.2) is 35.1 Å². The van der Waals surface area contributed by atoms with Gasteiger partial charge in [-0.15, -0.1) is 0 Å². The smallest absolute Gasteiger partial charge is 0.408 e. The SMILES string of the molecule is Cc1ncc(-c2ccnc(NC(=O)N3c4nc(C(=O)N[C@H](C)C(F)(F)F)ncc4N4CC[C@H]3C4)c2)o1. The Labute approximate surface area is 202 Å². The quantitative estimate of drug-likeness (QED) is 0.557. The Hall–Kier alpha value is -4.23. The number of urea groups is 1. The van der Waals surface area contributed by atoms with Crippen LogP contribution in [-0.2, 0) is 0 Å². The van der Waals surface area contributed by atoms with Crippen molar-refractivity contribution in [2.45, 2.75) is 38.5 Å². The standard InChI is InChI=1S/C22H21F3N8O3/c1-11(22(23,24)25)29-20(34)18-28-8-15-19(31-18)33(14-4-6-32(15)10-14)21(35)30-17-7-13(3-5-26-17)16-9-27-12(2)36-16/h3,5,7-9,11,14H,4,6,10H2,1-2H3,(H,29,34)(H,26,30,35)/t11-,14+/m1/s1. The number of amides is 3. The summed E-state index contributed by atoms with van der Waals surface area (Å²) in [4.78, 5) is 45.5. The molecule has 0 spiro atoms. The summed E-state index contributed by atoms with van der Waals surface area (Å²) in [5, 5.41) is 4.58. The zero-order chi connectivity index (χ0) is 25.6. The molecule has 0 unspecified atom stereocenters. The lowest BCUT2D eigenvalue weighted by Crippen LogP contribution is -2.49. The van der Waals surface area contributed by atoms with Crippen LogP contribution in [0.2, 0.25) is 0 Å². The number of oxazole rings is 1. The van der Waals surface area contributed by atoms with Crippen molar-refractivity contribution in [3.63, 3.8) is 0 Å². The van der Waals surface area contributed by atoms with Crippen molar-refractivity contribution in [2.24, 2.45) is 0 Å². The fourth-order valence-electron chi connectivity index (χ4n) is 4.14. The van der Waals surface area contributed by atoms with E-state index in [0.29, 0.717) is 42.4 Å². The van der Waals surface area contributed by atoms with Gasteiger partial charge in [0.05, 0.1) is 24.1 Å². The highest BCUT2D eigenvalue weighted by molar-refractivity contribution is 6.04. The predicted molar refractivity (Wildman–Crippen MR) is 122 cm³/mol. The van der Waals surface area contributed by atoms with E-state index in [2.05, 4.69) is 25.3 Å². The van der Waals surface area contributed by atoms with Crippen LogP contribution in [0.1, 0.15) is 29.9 Å². The van der Waals surface area contributed by atoms with Gasteiger partial charge in [-0.05, 0) is 25.5 Å². The van der Waals surface area contributed by atoms with Crippen molar-refractivity contribution < 1.29 is 27.2 Å². The Morgan fingerprint density at radius 2 is 2.03 bits per heavy atom. The number of nitrogens with one attached hydrogen (secondary N) is 2. The van der Waals surface area contributed by atoms with E-state index in [1.807, 2.05) is 10.2 Å². The van der Waals surface area contributed by atoms with Crippen LogP contribution in [0.3, 0.4) is 0 Å². The van der Waals surface area contributed by atoms with Crippen LogP contribution >= 0.6 is 0 Å². The molecule has 3 aromatic heterocycles. The molecule has 3 aromatic rings. The van der Waals surface area contributed by atoms with Gasteiger partial charge in [-0.3, -0.25) is 15.0 Å². The Morgan fingerprint density at radius 1 is 1.22 bits per heavy atom. The lowest BCUT2D eigenvalue weighted by Gasteiger charge is -2.35. The average molecular weight is 502 g/mol. The van der Waals surface area contributed by atoms with E-state index in [-0.39, 0.29) is 17.7 Å². The summed E-state index contributed by atoms with van der Waals surface area (Å²) in [6, 6.07) is 0.449. The number of nitrogens with zero attached hydrogens (tertiary/aromatic N) is 6. The summed E-state index contributed by atoms with van der Waals surface area (Å²) < 4.78 is 44.2. The van der Waals surface area contributed by atoms with Gasteiger partial charge in [0.2, 0.25) is 5.82 Å². The number of aromatic nitrogens is 4. The van der Waals surface area contributed by atoms with Crippen LogP contribution in [-0.4, -0.2) is 63.2 Å². The van der Waals surface area contributed by atoms with Crippen molar-refractivity contribution in [3.8, 4) is 11.3 Å². The van der Waals surface area contributed by atoms with Crippen LogP contribution in [0, 0.1) is 6.92 Å². The highest BCUT2D eigenvalue weighted by Crippen LogP contribution is 2.38. The molecular formula is C22H21F3N8O3. The van der Waals surface area contributed by atoms with Gasteiger partial charge in [0.25, 0.3) is 5.91 Å². The maximum absolute atomic E-state index is 13.4. The van der Waals surface area contributed by atoms with E-state index >= 15 is 0 Å². The zero-order valence-electron chi connectivity index (χ0n) is 19.2. The van der Waals surface area contributed by atoms with Crippen LogP contribution in [0.25, 0.3) is 11.3 Å². The Balaban J connectivity index is 1.41. The van der Waals surface area contributed by atoms with Gasteiger partial charge in [-0.25, -0.2) is 24.7 Å². The van der Waals surface area contributed by atoms with Gasteiger partial charge in [0, 0.05) is 31.8 Å². The fraction of sp³-hybridized carbons (Fsp3) is 0.364. The molecule has 2 bridgehead atoms. The highest BCUT2D eigenvalue weighted by Gasteiger charge is 2.42.